The Morgan fingerprint density at radius 2 is 2.05 bits per heavy atom. The van der Waals surface area contributed by atoms with Gasteiger partial charge in [0.15, 0.2) is 10.8 Å². The third kappa shape index (κ3) is 4.95. The van der Waals surface area contributed by atoms with Crippen LogP contribution in [-0.2, 0) is 10.0 Å². The Bertz CT molecular complexity index is 1480. The van der Waals surface area contributed by atoms with Crippen LogP contribution in [0.3, 0.4) is 0 Å². The van der Waals surface area contributed by atoms with Gasteiger partial charge in [-0.15, -0.1) is 11.3 Å². The van der Waals surface area contributed by atoms with Gasteiger partial charge in [0.1, 0.15) is 6.04 Å². The molecular weight excluding hydrogens is 542 g/mol. The molecular formula is C24H25ClF2N6O2S2. The lowest BCUT2D eigenvalue weighted by molar-refractivity contribution is 0.0566. The second-order valence-electron chi connectivity index (χ2n) is 9.29. The molecule has 1 N–H and O–H groups in total. The zero-order valence-electron chi connectivity index (χ0n) is 20.3. The van der Waals surface area contributed by atoms with E-state index in [0.717, 1.165) is 11.3 Å². The maximum absolute atomic E-state index is 13.5. The van der Waals surface area contributed by atoms with Gasteiger partial charge >= 0.3 is 6.55 Å². The number of sulfonamides is 1. The minimum Gasteiger partial charge on any atom is -0.326 e. The smallest absolute Gasteiger partial charge is 0.326 e. The Kier molecular flexibility index (Phi) is 6.94. The van der Waals surface area contributed by atoms with E-state index in [0.29, 0.717) is 50.2 Å². The fourth-order valence-corrected chi connectivity index (χ4v) is 6.44. The Balaban J connectivity index is 1.70. The van der Waals surface area contributed by atoms with Gasteiger partial charge < -0.3 is 4.90 Å². The van der Waals surface area contributed by atoms with Crippen molar-refractivity contribution in [2.24, 2.45) is 4.99 Å². The number of rotatable bonds is 7. The molecule has 196 valence electrons. The Morgan fingerprint density at radius 1 is 1.27 bits per heavy atom. The molecule has 2 aromatic heterocycles. The number of aryl methyl sites for hydroxylation is 1. The summed E-state index contributed by atoms with van der Waals surface area (Å²) >= 11 is 8.10. The van der Waals surface area contributed by atoms with Crippen molar-refractivity contribution in [3.8, 4) is 0 Å². The average molecular weight is 567 g/mol. The first kappa shape index (κ1) is 26.0. The number of aliphatic imine (C=N–C) groups is 1. The van der Waals surface area contributed by atoms with E-state index in [1.165, 1.54) is 23.7 Å². The van der Waals surface area contributed by atoms with Crippen LogP contribution in [0.1, 0.15) is 54.6 Å². The lowest BCUT2D eigenvalue weighted by Gasteiger charge is -2.32. The molecule has 1 saturated heterocycles. The minimum absolute atomic E-state index is 0.320. The molecule has 0 aliphatic carbocycles. The number of benzene rings is 1. The quantitative estimate of drug-likeness (QED) is 0.434. The molecule has 0 spiro atoms. The predicted molar refractivity (Wildman–Crippen MR) is 140 cm³/mol. The summed E-state index contributed by atoms with van der Waals surface area (Å²) in [7, 11) is -3.55. The Labute approximate surface area is 222 Å². The minimum atomic E-state index is -3.55. The van der Waals surface area contributed by atoms with Crippen molar-refractivity contribution >= 4 is 44.4 Å². The van der Waals surface area contributed by atoms with E-state index in [-0.39, 0.29) is 0 Å². The van der Waals surface area contributed by atoms with Gasteiger partial charge in [-0.25, -0.2) is 22.8 Å². The van der Waals surface area contributed by atoms with Crippen LogP contribution in [0.15, 0.2) is 52.9 Å². The van der Waals surface area contributed by atoms with E-state index in [4.69, 9.17) is 16.6 Å². The number of hydrogen-bond acceptors (Lipinski definition) is 7. The van der Waals surface area contributed by atoms with Gasteiger partial charge in [-0.1, -0.05) is 23.7 Å². The van der Waals surface area contributed by atoms with Crippen molar-refractivity contribution in [2.75, 3.05) is 6.54 Å². The average Bonchev–Trinajstić information content (AvgIpc) is 3.58. The van der Waals surface area contributed by atoms with E-state index in [2.05, 4.69) is 14.8 Å². The molecule has 4 heterocycles. The molecule has 37 heavy (non-hydrogen) atoms. The molecule has 8 nitrogen and oxygen atoms in total. The van der Waals surface area contributed by atoms with E-state index >= 15 is 0 Å². The number of hydrogen-bond donors (Lipinski definition) is 1. The van der Waals surface area contributed by atoms with Gasteiger partial charge in [0.2, 0.25) is 10.0 Å². The molecule has 2 atom stereocenters. The standard InChI is InChI=1S/C24H25ClF2N6O2S2/c1-13(2)37(34,35)31-16-9-19-20(15-10-29-33(11-15)24(26)27)21(17-5-4-14(3)8-18(17)25)30-22(32(19)12-16)23-28-6-7-36-23/h4-8,10-11,13,16,21,24,31H,9,12H2,1-3H3/t16-,21-/m0/s1. The van der Waals surface area contributed by atoms with Gasteiger partial charge in [-0.2, -0.15) is 13.9 Å². The highest BCUT2D eigenvalue weighted by Crippen LogP contribution is 2.46. The maximum Gasteiger partial charge on any atom is 0.333 e. The van der Waals surface area contributed by atoms with Gasteiger partial charge in [-0.05, 0) is 38.0 Å². The van der Waals surface area contributed by atoms with Gasteiger partial charge in [0.05, 0.1) is 11.4 Å². The number of fused-ring (bicyclic) bond motifs is 1. The van der Waals surface area contributed by atoms with Gasteiger partial charge in [-0.3, -0.25) is 4.99 Å². The lowest BCUT2D eigenvalue weighted by Crippen LogP contribution is -2.41. The van der Waals surface area contributed by atoms with E-state index < -0.39 is 33.9 Å². The monoisotopic (exact) mass is 566 g/mol. The Morgan fingerprint density at radius 3 is 2.68 bits per heavy atom. The molecule has 13 heteroatoms. The van der Waals surface area contributed by atoms with Crippen molar-refractivity contribution in [3.63, 3.8) is 0 Å². The molecule has 0 bridgehead atoms. The fourth-order valence-electron chi connectivity index (χ4n) is 4.56. The normalized spacial score (nSPS) is 20.2. The highest BCUT2D eigenvalue weighted by Gasteiger charge is 2.41. The van der Waals surface area contributed by atoms with Crippen LogP contribution in [0.2, 0.25) is 5.02 Å². The summed E-state index contributed by atoms with van der Waals surface area (Å²) in [5, 5.41) is 6.25. The number of halogens is 3. The van der Waals surface area contributed by atoms with Crippen molar-refractivity contribution in [1.82, 2.24) is 24.4 Å². The molecule has 0 radical (unpaired) electrons. The van der Waals surface area contributed by atoms with E-state index in [1.54, 1.807) is 20.0 Å². The number of aromatic nitrogens is 3. The molecule has 3 aromatic rings. The molecule has 0 saturated carbocycles. The summed E-state index contributed by atoms with van der Waals surface area (Å²) in [6, 6.07) is 4.56. The van der Waals surface area contributed by atoms with Crippen molar-refractivity contribution in [1.29, 1.82) is 0 Å². The number of nitrogens with one attached hydrogen (secondary N) is 1. The SMILES string of the molecule is Cc1ccc([C@@H]2N=C(c3nccs3)N3C[C@@H](NS(=O)(=O)C(C)C)CC3=C2c2cnn(C(F)F)c2)c(Cl)c1. The van der Waals surface area contributed by atoms with Crippen LogP contribution in [0.25, 0.3) is 5.57 Å². The summed E-state index contributed by atoms with van der Waals surface area (Å²) in [6.07, 6.45) is 4.69. The third-order valence-corrected chi connectivity index (χ3v) is 9.40. The second-order valence-corrected chi connectivity index (χ2v) is 12.9. The molecule has 5 rings (SSSR count). The maximum atomic E-state index is 13.5. The molecule has 1 fully saturated rings. The third-order valence-electron chi connectivity index (χ3n) is 6.40. The largest absolute Gasteiger partial charge is 0.333 e. The Hall–Kier alpha value is -2.67. The van der Waals surface area contributed by atoms with Crippen molar-refractivity contribution in [2.45, 2.75) is 51.1 Å². The second kappa shape index (κ2) is 9.90. The molecule has 1 aromatic carbocycles. The summed E-state index contributed by atoms with van der Waals surface area (Å²) in [5.41, 5.74) is 3.58. The number of amidine groups is 1. The lowest BCUT2D eigenvalue weighted by atomic mass is 9.90. The zero-order valence-corrected chi connectivity index (χ0v) is 22.7. The van der Waals surface area contributed by atoms with Gasteiger partial charge in [0.25, 0.3) is 0 Å². The highest BCUT2D eigenvalue weighted by atomic mass is 35.5. The summed E-state index contributed by atoms with van der Waals surface area (Å²) < 4.78 is 55.7. The topological polar surface area (TPSA) is 92.5 Å². The van der Waals surface area contributed by atoms with Crippen LogP contribution in [0.5, 0.6) is 0 Å². The van der Waals surface area contributed by atoms with Crippen LogP contribution in [0.4, 0.5) is 8.78 Å². The van der Waals surface area contributed by atoms with Gasteiger partial charge in [0, 0.05) is 58.6 Å². The molecule has 2 aliphatic heterocycles. The molecule has 0 amide bonds. The van der Waals surface area contributed by atoms with Crippen molar-refractivity contribution < 1.29 is 17.2 Å². The van der Waals surface area contributed by atoms with E-state index in [1.807, 2.05) is 35.4 Å². The predicted octanol–water partition coefficient (Wildman–Crippen LogP) is 5.01. The number of alkyl halides is 2. The van der Waals surface area contributed by atoms with Crippen LogP contribution < -0.4 is 4.72 Å². The first-order valence-electron chi connectivity index (χ1n) is 11.6. The molecule has 2 aliphatic rings. The highest BCUT2D eigenvalue weighted by molar-refractivity contribution is 7.90. The van der Waals surface area contributed by atoms with Crippen LogP contribution >= 0.6 is 22.9 Å². The van der Waals surface area contributed by atoms with Crippen LogP contribution in [-0.4, -0.2) is 51.8 Å². The first-order chi connectivity index (χ1) is 17.5. The number of nitrogens with zero attached hydrogens (tertiary/aromatic N) is 5. The van der Waals surface area contributed by atoms with Crippen molar-refractivity contribution in [3.05, 3.63) is 74.6 Å². The summed E-state index contributed by atoms with van der Waals surface area (Å²) in [4.78, 5) is 11.4. The summed E-state index contributed by atoms with van der Waals surface area (Å²) in [5.74, 6) is 0.586. The fraction of sp³-hybridized carbons (Fsp3) is 0.375. The summed E-state index contributed by atoms with van der Waals surface area (Å²) in [6.45, 7) is 2.68. The molecule has 0 unspecified atom stereocenters. The zero-order chi connectivity index (χ0) is 26.5. The first-order valence-corrected chi connectivity index (χ1v) is 14.4. The number of thiazole rings is 1. The van der Waals surface area contributed by atoms with Crippen LogP contribution in [0, 0.1) is 6.92 Å². The van der Waals surface area contributed by atoms with E-state index in [9.17, 15) is 17.2 Å².